The van der Waals surface area contributed by atoms with E-state index in [0.717, 1.165) is 5.56 Å². The van der Waals surface area contributed by atoms with E-state index >= 15 is 0 Å². The standard InChI is InChI=1S/C18H17ClN2O3/c1-11(12-5-3-2-4-6-12)20-17(22)10-16-18(23)21-14-9-13(19)7-8-15(14)24-16/h2-9,11,16H,10H2,1H3,(H,20,22)(H,21,23)/t11-,16-/m0/s1. The molecule has 1 aliphatic rings. The first kappa shape index (κ1) is 16.3. The molecule has 124 valence electrons. The molecular weight excluding hydrogens is 328 g/mol. The summed E-state index contributed by atoms with van der Waals surface area (Å²) in [6.45, 7) is 1.90. The largest absolute Gasteiger partial charge is 0.478 e. The van der Waals surface area contributed by atoms with Crippen LogP contribution in [0.4, 0.5) is 5.69 Å². The van der Waals surface area contributed by atoms with Gasteiger partial charge in [-0.1, -0.05) is 41.9 Å². The second kappa shape index (κ2) is 6.93. The number of hydrogen-bond acceptors (Lipinski definition) is 3. The summed E-state index contributed by atoms with van der Waals surface area (Å²) in [5.41, 5.74) is 1.52. The van der Waals surface area contributed by atoms with Crippen molar-refractivity contribution in [3.05, 3.63) is 59.1 Å². The van der Waals surface area contributed by atoms with Gasteiger partial charge in [0, 0.05) is 5.02 Å². The quantitative estimate of drug-likeness (QED) is 0.894. The maximum Gasteiger partial charge on any atom is 0.266 e. The van der Waals surface area contributed by atoms with Gasteiger partial charge < -0.3 is 15.4 Å². The lowest BCUT2D eigenvalue weighted by Crippen LogP contribution is -2.41. The molecule has 0 bridgehead atoms. The first-order chi connectivity index (χ1) is 11.5. The fraction of sp³-hybridized carbons (Fsp3) is 0.222. The molecule has 24 heavy (non-hydrogen) atoms. The maximum atomic E-state index is 12.2. The van der Waals surface area contributed by atoms with Crippen LogP contribution in [0.1, 0.15) is 24.9 Å². The lowest BCUT2D eigenvalue weighted by atomic mass is 10.1. The number of halogens is 1. The van der Waals surface area contributed by atoms with E-state index < -0.39 is 6.10 Å². The Kier molecular flexibility index (Phi) is 4.71. The molecule has 2 N–H and O–H groups in total. The Morgan fingerprint density at radius 1 is 1.29 bits per heavy atom. The first-order valence-corrected chi connectivity index (χ1v) is 8.02. The van der Waals surface area contributed by atoms with Gasteiger partial charge in [-0.3, -0.25) is 9.59 Å². The predicted octanol–water partition coefficient (Wildman–Crippen LogP) is 3.31. The molecule has 2 aromatic rings. The van der Waals surface area contributed by atoms with Gasteiger partial charge in [0.1, 0.15) is 5.75 Å². The van der Waals surface area contributed by atoms with Crippen molar-refractivity contribution in [2.24, 2.45) is 0 Å². The van der Waals surface area contributed by atoms with Crippen LogP contribution in [0.3, 0.4) is 0 Å². The highest BCUT2D eigenvalue weighted by molar-refractivity contribution is 6.31. The number of carbonyl (C=O) groups is 2. The van der Waals surface area contributed by atoms with E-state index in [1.807, 2.05) is 37.3 Å². The van der Waals surface area contributed by atoms with Gasteiger partial charge in [0.05, 0.1) is 18.2 Å². The first-order valence-electron chi connectivity index (χ1n) is 7.64. The number of nitrogens with one attached hydrogen (secondary N) is 2. The minimum Gasteiger partial charge on any atom is -0.478 e. The molecule has 0 spiro atoms. The molecule has 0 saturated carbocycles. The highest BCUT2D eigenvalue weighted by atomic mass is 35.5. The Labute approximate surface area is 145 Å². The third-order valence-electron chi connectivity index (χ3n) is 3.81. The van der Waals surface area contributed by atoms with Crippen LogP contribution in [-0.4, -0.2) is 17.9 Å². The molecule has 5 nitrogen and oxygen atoms in total. The summed E-state index contributed by atoms with van der Waals surface area (Å²) < 4.78 is 5.63. The van der Waals surface area contributed by atoms with Gasteiger partial charge in [-0.15, -0.1) is 0 Å². The van der Waals surface area contributed by atoms with Crippen LogP contribution in [0.2, 0.25) is 5.02 Å². The van der Waals surface area contributed by atoms with Gasteiger partial charge in [-0.25, -0.2) is 0 Å². The van der Waals surface area contributed by atoms with Crippen molar-refractivity contribution < 1.29 is 14.3 Å². The molecule has 2 atom stereocenters. The Morgan fingerprint density at radius 2 is 2.04 bits per heavy atom. The average Bonchev–Trinajstić information content (AvgIpc) is 2.56. The molecule has 0 aromatic heterocycles. The van der Waals surface area contributed by atoms with Crippen LogP contribution < -0.4 is 15.4 Å². The Balaban J connectivity index is 1.62. The molecule has 1 heterocycles. The van der Waals surface area contributed by atoms with Crippen molar-refractivity contribution in [2.75, 3.05) is 5.32 Å². The molecule has 3 rings (SSSR count). The fourth-order valence-electron chi connectivity index (χ4n) is 2.55. The SMILES string of the molecule is C[C@H](NC(=O)C[C@@H]1Oc2ccc(Cl)cc2NC1=O)c1ccccc1. The number of hydrogen-bond donors (Lipinski definition) is 2. The van der Waals surface area contributed by atoms with E-state index in [9.17, 15) is 9.59 Å². The number of ether oxygens (including phenoxy) is 1. The van der Waals surface area contributed by atoms with E-state index in [4.69, 9.17) is 16.3 Å². The van der Waals surface area contributed by atoms with Crippen molar-refractivity contribution >= 4 is 29.1 Å². The summed E-state index contributed by atoms with van der Waals surface area (Å²) >= 11 is 5.89. The van der Waals surface area contributed by atoms with Crippen molar-refractivity contribution in [1.29, 1.82) is 0 Å². The number of benzene rings is 2. The van der Waals surface area contributed by atoms with Crippen LogP contribution in [0, 0.1) is 0 Å². The van der Waals surface area contributed by atoms with Crippen LogP contribution >= 0.6 is 11.6 Å². The van der Waals surface area contributed by atoms with Crippen molar-refractivity contribution in [3.8, 4) is 5.75 Å². The zero-order valence-electron chi connectivity index (χ0n) is 13.1. The van der Waals surface area contributed by atoms with Gasteiger partial charge in [0.15, 0.2) is 6.10 Å². The summed E-state index contributed by atoms with van der Waals surface area (Å²) in [5, 5.41) is 6.09. The molecule has 2 amide bonds. The minimum atomic E-state index is -0.860. The van der Waals surface area contributed by atoms with Crippen molar-refractivity contribution in [1.82, 2.24) is 5.32 Å². The average molecular weight is 345 g/mol. The monoisotopic (exact) mass is 344 g/mol. The zero-order valence-corrected chi connectivity index (χ0v) is 13.8. The molecular formula is C18H17ClN2O3. The normalized spacial score (nSPS) is 17.2. The number of anilines is 1. The topological polar surface area (TPSA) is 67.4 Å². The Bertz CT molecular complexity index is 764. The summed E-state index contributed by atoms with van der Waals surface area (Å²) in [6.07, 6.45) is -0.910. The Morgan fingerprint density at radius 3 is 2.79 bits per heavy atom. The minimum absolute atomic E-state index is 0.0505. The van der Waals surface area contributed by atoms with Gasteiger partial charge >= 0.3 is 0 Å². The second-order valence-electron chi connectivity index (χ2n) is 5.64. The molecule has 0 aliphatic carbocycles. The molecule has 2 aromatic carbocycles. The number of fused-ring (bicyclic) bond motifs is 1. The number of carbonyl (C=O) groups excluding carboxylic acids is 2. The molecule has 0 radical (unpaired) electrons. The van der Waals surface area contributed by atoms with E-state index in [2.05, 4.69) is 10.6 Å². The summed E-state index contributed by atoms with van der Waals surface area (Å²) in [5.74, 6) is -0.0934. The molecule has 6 heteroatoms. The summed E-state index contributed by atoms with van der Waals surface area (Å²) in [4.78, 5) is 24.3. The highest BCUT2D eigenvalue weighted by Crippen LogP contribution is 2.32. The third-order valence-corrected chi connectivity index (χ3v) is 4.04. The summed E-state index contributed by atoms with van der Waals surface area (Å²) in [7, 11) is 0. The van der Waals surface area contributed by atoms with Crippen LogP contribution in [0.25, 0.3) is 0 Å². The third kappa shape index (κ3) is 3.68. The van der Waals surface area contributed by atoms with E-state index in [0.29, 0.717) is 16.5 Å². The molecule has 0 saturated heterocycles. The van der Waals surface area contributed by atoms with E-state index in [1.54, 1.807) is 18.2 Å². The Hall–Kier alpha value is -2.53. The molecule has 0 fully saturated rings. The van der Waals surface area contributed by atoms with Crippen molar-refractivity contribution in [3.63, 3.8) is 0 Å². The molecule has 0 unspecified atom stereocenters. The van der Waals surface area contributed by atoms with Gasteiger partial charge in [-0.05, 0) is 30.7 Å². The maximum absolute atomic E-state index is 12.2. The van der Waals surface area contributed by atoms with Crippen molar-refractivity contribution in [2.45, 2.75) is 25.5 Å². The van der Waals surface area contributed by atoms with E-state index in [-0.39, 0.29) is 24.3 Å². The van der Waals surface area contributed by atoms with Gasteiger partial charge in [0.2, 0.25) is 5.91 Å². The van der Waals surface area contributed by atoms with Gasteiger partial charge in [-0.2, -0.15) is 0 Å². The second-order valence-corrected chi connectivity index (χ2v) is 6.08. The predicted molar refractivity (Wildman–Crippen MR) is 92.1 cm³/mol. The highest BCUT2D eigenvalue weighted by Gasteiger charge is 2.30. The number of amides is 2. The van der Waals surface area contributed by atoms with Crippen LogP contribution in [0.15, 0.2) is 48.5 Å². The van der Waals surface area contributed by atoms with E-state index in [1.165, 1.54) is 0 Å². The fourth-order valence-corrected chi connectivity index (χ4v) is 2.72. The molecule has 1 aliphatic heterocycles. The zero-order chi connectivity index (χ0) is 17.1. The van der Waals surface area contributed by atoms with Crippen LogP contribution in [0.5, 0.6) is 5.75 Å². The lowest BCUT2D eigenvalue weighted by Gasteiger charge is -2.26. The summed E-state index contributed by atoms with van der Waals surface area (Å²) in [6, 6.07) is 14.4. The van der Waals surface area contributed by atoms with Crippen LogP contribution in [-0.2, 0) is 9.59 Å². The van der Waals surface area contributed by atoms with Gasteiger partial charge in [0.25, 0.3) is 5.91 Å². The smallest absolute Gasteiger partial charge is 0.266 e. The number of rotatable bonds is 4. The lowest BCUT2D eigenvalue weighted by molar-refractivity contribution is -0.130.